The van der Waals surface area contributed by atoms with E-state index in [1.807, 2.05) is 0 Å². The number of para-hydroxylation sites is 1. The minimum absolute atomic E-state index is 0.0152. The van der Waals surface area contributed by atoms with Gasteiger partial charge in [0.05, 0.1) is 5.75 Å². The van der Waals surface area contributed by atoms with E-state index >= 15 is 0 Å². The number of aryl methyl sites for hydroxylation is 1. The maximum Gasteiger partial charge on any atom is 0.303 e. The lowest BCUT2D eigenvalue weighted by Crippen LogP contribution is -2.16. The Morgan fingerprint density at radius 3 is 2.57 bits per heavy atom. The van der Waals surface area contributed by atoms with E-state index in [0.717, 1.165) is 5.56 Å². The van der Waals surface area contributed by atoms with Crippen molar-refractivity contribution in [2.75, 3.05) is 16.8 Å². The molecule has 0 aliphatic carbocycles. The van der Waals surface area contributed by atoms with Crippen molar-refractivity contribution < 1.29 is 19.5 Å². The number of carbonyl (C=O) groups is 3. The van der Waals surface area contributed by atoms with Gasteiger partial charge in [-0.3, -0.25) is 14.4 Å². The van der Waals surface area contributed by atoms with Crippen molar-refractivity contribution in [1.82, 2.24) is 0 Å². The summed E-state index contributed by atoms with van der Waals surface area (Å²) in [5, 5.41) is 11.5. The van der Waals surface area contributed by atoms with Crippen molar-refractivity contribution >= 4 is 35.2 Å². The van der Waals surface area contributed by atoms with Crippen molar-refractivity contribution in [3.8, 4) is 0 Å². The smallest absolute Gasteiger partial charge is 0.303 e. The van der Waals surface area contributed by atoms with Crippen molar-refractivity contribution in [1.29, 1.82) is 0 Å². The molecule has 6 nitrogen and oxygen atoms in total. The van der Waals surface area contributed by atoms with E-state index in [1.165, 1.54) is 11.8 Å². The zero-order chi connectivity index (χ0) is 15.7. The third-order valence-corrected chi connectivity index (χ3v) is 3.60. The van der Waals surface area contributed by atoms with Crippen LogP contribution >= 0.6 is 11.8 Å². The number of carboxylic acids is 1. The summed E-state index contributed by atoms with van der Waals surface area (Å²) in [6.45, 7) is 0. The van der Waals surface area contributed by atoms with E-state index in [0.29, 0.717) is 17.9 Å². The molecule has 0 fully saturated rings. The summed E-state index contributed by atoms with van der Waals surface area (Å²) in [6.07, 6.45) is 0.648. The van der Waals surface area contributed by atoms with E-state index in [1.54, 1.807) is 24.3 Å². The van der Waals surface area contributed by atoms with Crippen molar-refractivity contribution in [2.24, 2.45) is 5.73 Å². The Hall–Kier alpha value is -2.02. The maximum absolute atomic E-state index is 11.8. The Morgan fingerprint density at radius 2 is 1.90 bits per heavy atom. The molecule has 0 radical (unpaired) electrons. The van der Waals surface area contributed by atoms with Gasteiger partial charge in [-0.2, -0.15) is 11.8 Å². The number of carbonyl (C=O) groups excluding carboxylic acids is 2. The molecular formula is C14H18N2O4S. The third kappa shape index (κ3) is 7.36. The molecular weight excluding hydrogens is 292 g/mol. The number of nitrogens with two attached hydrogens (primary N) is 1. The van der Waals surface area contributed by atoms with E-state index in [2.05, 4.69) is 5.32 Å². The van der Waals surface area contributed by atoms with Crippen LogP contribution in [0.1, 0.15) is 18.4 Å². The van der Waals surface area contributed by atoms with Crippen LogP contribution in [0.5, 0.6) is 0 Å². The summed E-state index contributed by atoms with van der Waals surface area (Å²) < 4.78 is 0. The van der Waals surface area contributed by atoms with Crippen molar-refractivity contribution in [3.05, 3.63) is 29.8 Å². The summed E-state index contributed by atoms with van der Waals surface area (Å²) in [7, 11) is 0. The van der Waals surface area contributed by atoms with Gasteiger partial charge in [0.15, 0.2) is 0 Å². The largest absolute Gasteiger partial charge is 0.481 e. The first-order valence-electron chi connectivity index (χ1n) is 6.44. The molecule has 1 aromatic carbocycles. The number of rotatable bonds is 9. The lowest BCUT2D eigenvalue weighted by molar-refractivity contribution is -0.137. The maximum atomic E-state index is 11.8. The van der Waals surface area contributed by atoms with Gasteiger partial charge in [-0.25, -0.2) is 0 Å². The number of carboxylic acid groups (broad SMARTS) is 1. The highest BCUT2D eigenvalue weighted by molar-refractivity contribution is 7.99. The molecule has 0 bridgehead atoms. The lowest BCUT2D eigenvalue weighted by Gasteiger charge is -2.10. The van der Waals surface area contributed by atoms with Gasteiger partial charge in [0.2, 0.25) is 11.8 Å². The summed E-state index contributed by atoms with van der Waals surface area (Å²) >= 11 is 1.31. The van der Waals surface area contributed by atoms with Gasteiger partial charge in [-0.05, 0) is 18.1 Å². The Kier molecular flexibility index (Phi) is 7.31. The molecule has 0 spiro atoms. The number of nitrogens with one attached hydrogen (secondary N) is 1. The van der Waals surface area contributed by atoms with Crippen LogP contribution in [0.25, 0.3) is 0 Å². The van der Waals surface area contributed by atoms with Crippen LogP contribution in [0, 0.1) is 0 Å². The monoisotopic (exact) mass is 310 g/mol. The molecule has 0 atom stereocenters. The van der Waals surface area contributed by atoms with Gasteiger partial charge >= 0.3 is 5.97 Å². The van der Waals surface area contributed by atoms with Crippen LogP contribution < -0.4 is 11.1 Å². The van der Waals surface area contributed by atoms with Gasteiger partial charge in [-0.15, -0.1) is 0 Å². The van der Waals surface area contributed by atoms with Crippen molar-refractivity contribution in [3.63, 3.8) is 0 Å². The van der Waals surface area contributed by atoms with E-state index in [9.17, 15) is 14.4 Å². The summed E-state index contributed by atoms with van der Waals surface area (Å²) in [6, 6.07) is 7.11. The number of primary amides is 1. The first-order valence-corrected chi connectivity index (χ1v) is 7.60. The first kappa shape index (κ1) is 17.0. The Balaban J connectivity index is 2.47. The molecule has 7 heteroatoms. The molecule has 0 aliphatic heterocycles. The fraction of sp³-hybridized carbons (Fsp3) is 0.357. The number of anilines is 1. The van der Waals surface area contributed by atoms with Crippen molar-refractivity contribution in [2.45, 2.75) is 19.3 Å². The minimum Gasteiger partial charge on any atom is -0.481 e. The molecule has 0 heterocycles. The van der Waals surface area contributed by atoms with Crippen LogP contribution in [-0.2, 0) is 20.8 Å². The second kappa shape index (κ2) is 9.02. The molecule has 1 aromatic rings. The molecule has 0 unspecified atom stereocenters. The number of benzene rings is 1. The fourth-order valence-electron chi connectivity index (χ4n) is 1.65. The summed E-state index contributed by atoms with van der Waals surface area (Å²) in [5.74, 6) is -0.748. The molecule has 1 rings (SSSR count). The Labute approximate surface area is 127 Å². The minimum atomic E-state index is -0.876. The summed E-state index contributed by atoms with van der Waals surface area (Å²) in [4.78, 5) is 33.0. The van der Waals surface area contributed by atoms with E-state index < -0.39 is 11.9 Å². The first-order chi connectivity index (χ1) is 9.99. The highest BCUT2D eigenvalue weighted by Gasteiger charge is 2.08. The molecule has 2 amide bonds. The molecule has 0 saturated heterocycles. The normalized spacial score (nSPS) is 10.1. The molecule has 4 N–H and O–H groups in total. The highest BCUT2D eigenvalue weighted by Crippen LogP contribution is 2.17. The number of hydrogen-bond donors (Lipinski definition) is 3. The molecule has 0 aliphatic rings. The number of thioether (sulfide) groups is 1. The third-order valence-electron chi connectivity index (χ3n) is 2.62. The predicted molar refractivity (Wildman–Crippen MR) is 82.2 cm³/mol. The zero-order valence-electron chi connectivity index (χ0n) is 11.5. The topological polar surface area (TPSA) is 109 Å². The number of hydrogen-bond acceptors (Lipinski definition) is 4. The van der Waals surface area contributed by atoms with Crippen LogP contribution in [0.3, 0.4) is 0 Å². The summed E-state index contributed by atoms with van der Waals surface area (Å²) in [5.41, 5.74) is 6.42. The van der Waals surface area contributed by atoms with Crippen LogP contribution in [-0.4, -0.2) is 34.4 Å². The van der Waals surface area contributed by atoms with Gasteiger partial charge in [0.1, 0.15) is 0 Å². The lowest BCUT2D eigenvalue weighted by atomic mass is 10.1. The predicted octanol–water partition coefficient (Wildman–Crippen LogP) is 1.25. The number of aliphatic carboxylic acids is 1. The van der Waals surface area contributed by atoms with Gasteiger partial charge in [0, 0.05) is 24.3 Å². The zero-order valence-corrected chi connectivity index (χ0v) is 12.3. The van der Waals surface area contributed by atoms with Crippen LogP contribution in [0.15, 0.2) is 24.3 Å². The van der Waals surface area contributed by atoms with Crippen LogP contribution in [0.2, 0.25) is 0 Å². The van der Waals surface area contributed by atoms with E-state index in [4.69, 9.17) is 10.8 Å². The Morgan fingerprint density at radius 1 is 1.19 bits per heavy atom. The van der Waals surface area contributed by atoms with Gasteiger partial charge < -0.3 is 16.2 Å². The quantitative estimate of drug-likeness (QED) is 0.595. The Bertz CT molecular complexity index is 519. The SMILES string of the molecule is NC(=O)CSCCC(=O)Nc1ccccc1CCC(=O)O. The fourth-order valence-corrected chi connectivity index (χ4v) is 2.33. The van der Waals surface area contributed by atoms with E-state index in [-0.39, 0.29) is 24.5 Å². The molecule has 0 saturated carbocycles. The molecule has 114 valence electrons. The second-order valence-corrected chi connectivity index (χ2v) is 5.47. The van der Waals surface area contributed by atoms with Gasteiger partial charge in [0.25, 0.3) is 0 Å². The van der Waals surface area contributed by atoms with Crippen LogP contribution in [0.4, 0.5) is 5.69 Å². The number of amides is 2. The average Bonchev–Trinajstić information content (AvgIpc) is 2.42. The standard InChI is InChI=1S/C14H18N2O4S/c15-12(17)9-21-8-7-13(18)16-11-4-2-1-3-10(11)5-6-14(19)20/h1-4H,5-9H2,(H2,15,17)(H,16,18)(H,19,20). The molecule has 21 heavy (non-hydrogen) atoms. The second-order valence-electron chi connectivity index (χ2n) is 4.37. The average molecular weight is 310 g/mol. The highest BCUT2D eigenvalue weighted by atomic mass is 32.2. The van der Waals surface area contributed by atoms with Gasteiger partial charge in [-0.1, -0.05) is 18.2 Å². The molecule has 0 aromatic heterocycles.